The van der Waals surface area contributed by atoms with Crippen LogP contribution in [0, 0.1) is 6.92 Å². The number of aryl methyl sites for hydroxylation is 2. The van der Waals surface area contributed by atoms with Gasteiger partial charge in [0.05, 0.1) is 31.3 Å². The Morgan fingerprint density at radius 1 is 1.23 bits per heavy atom. The van der Waals surface area contributed by atoms with Gasteiger partial charge in [-0.1, -0.05) is 0 Å². The number of thiocarbonyl (C=S) groups is 1. The molecule has 6 nitrogen and oxygen atoms in total. The van der Waals surface area contributed by atoms with Crippen LogP contribution in [0.15, 0.2) is 24.4 Å². The first-order valence-electron chi connectivity index (χ1n) is 6.91. The second-order valence-corrected chi connectivity index (χ2v) is 5.04. The summed E-state index contributed by atoms with van der Waals surface area (Å²) in [5, 5.41) is 11.1. The van der Waals surface area contributed by atoms with Gasteiger partial charge in [-0.2, -0.15) is 5.10 Å². The van der Waals surface area contributed by atoms with Crippen molar-refractivity contribution >= 4 is 28.7 Å². The van der Waals surface area contributed by atoms with Gasteiger partial charge in [-0.15, -0.1) is 0 Å². The third kappa shape index (κ3) is 3.67. The molecule has 7 heteroatoms. The average molecular weight is 320 g/mol. The zero-order chi connectivity index (χ0) is 16.1. The summed E-state index contributed by atoms with van der Waals surface area (Å²) in [4.78, 5) is 0. The second-order valence-electron chi connectivity index (χ2n) is 4.63. The molecule has 2 aromatic rings. The van der Waals surface area contributed by atoms with Crippen LogP contribution in [0.4, 0.5) is 11.4 Å². The van der Waals surface area contributed by atoms with Crippen LogP contribution in [0.3, 0.4) is 0 Å². The molecule has 118 valence electrons. The Kier molecular flexibility index (Phi) is 5.21. The highest BCUT2D eigenvalue weighted by Gasteiger charge is 2.09. The van der Waals surface area contributed by atoms with Gasteiger partial charge in [-0.3, -0.25) is 4.68 Å². The number of anilines is 2. The van der Waals surface area contributed by atoms with Gasteiger partial charge in [-0.05, 0) is 38.2 Å². The number of methoxy groups -OCH3 is 2. The lowest BCUT2D eigenvalue weighted by Crippen LogP contribution is -2.19. The van der Waals surface area contributed by atoms with Crippen LogP contribution in [0.25, 0.3) is 0 Å². The number of hydrogen-bond acceptors (Lipinski definition) is 4. The largest absolute Gasteiger partial charge is 0.497 e. The monoisotopic (exact) mass is 320 g/mol. The Balaban J connectivity index is 2.10. The van der Waals surface area contributed by atoms with Gasteiger partial charge in [0.2, 0.25) is 0 Å². The first-order chi connectivity index (χ1) is 10.6. The van der Waals surface area contributed by atoms with Gasteiger partial charge in [0, 0.05) is 18.8 Å². The minimum Gasteiger partial charge on any atom is -0.497 e. The van der Waals surface area contributed by atoms with Crippen LogP contribution in [0.5, 0.6) is 11.5 Å². The van der Waals surface area contributed by atoms with Gasteiger partial charge in [0.15, 0.2) is 5.11 Å². The summed E-state index contributed by atoms with van der Waals surface area (Å²) in [6, 6.07) is 5.49. The zero-order valence-electron chi connectivity index (χ0n) is 13.1. The van der Waals surface area contributed by atoms with Crippen LogP contribution in [0.2, 0.25) is 0 Å². The first kappa shape index (κ1) is 16.1. The molecule has 1 heterocycles. The Morgan fingerprint density at radius 3 is 2.55 bits per heavy atom. The minimum absolute atomic E-state index is 0.474. The van der Waals surface area contributed by atoms with Gasteiger partial charge in [0.25, 0.3) is 0 Å². The van der Waals surface area contributed by atoms with Gasteiger partial charge >= 0.3 is 0 Å². The molecule has 0 aliphatic rings. The summed E-state index contributed by atoms with van der Waals surface area (Å²) >= 11 is 5.35. The fourth-order valence-corrected chi connectivity index (χ4v) is 2.20. The summed E-state index contributed by atoms with van der Waals surface area (Å²) in [6.45, 7) is 4.79. The number of nitrogens with one attached hydrogen (secondary N) is 2. The number of benzene rings is 1. The predicted octanol–water partition coefficient (Wildman–Crippen LogP) is 3.04. The summed E-state index contributed by atoms with van der Waals surface area (Å²) in [5.41, 5.74) is 2.54. The fourth-order valence-electron chi connectivity index (χ4n) is 1.98. The lowest BCUT2D eigenvalue weighted by molar-refractivity contribution is 0.395. The fraction of sp³-hybridized carbons (Fsp3) is 0.333. The van der Waals surface area contributed by atoms with Crippen LogP contribution in [-0.2, 0) is 6.54 Å². The van der Waals surface area contributed by atoms with Crippen molar-refractivity contribution in [2.75, 3.05) is 24.9 Å². The van der Waals surface area contributed by atoms with E-state index in [1.165, 1.54) is 0 Å². The highest BCUT2D eigenvalue weighted by atomic mass is 32.1. The third-order valence-corrected chi connectivity index (χ3v) is 3.38. The van der Waals surface area contributed by atoms with Crippen molar-refractivity contribution in [3.05, 3.63) is 30.1 Å². The van der Waals surface area contributed by atoms with Crippen molar-refractivity contribution in [2.45, 2.75) is 20.4 Å². The van der Waals surface area contributed by atoms with Crippen LogP contribution < -0.4 is 20.1 Å². The van der Waals surface area contributed by atoms with Crippen molar-refractivity contribution in [3.8, 4) is 11.5 Å². The third-order valence-electron chi connectivity index (χ3n) is 3.18. The molecule has 0 spiro atoms. The van der Waals surface area contributed by atoms with E-state index < -0.39 is 0 Å². The van der Waals surface area contributed by atoms with E-state index in [4.69, 9.17) is 21.7 Å². The number of ether oxygens (including phenoxy) is 2. The van der Waals surface area contributed by atoms with Crippen molar-refractivity contribution < 1.29 is 9.47 Å². The molecule has 0 aliphatic heterocycles. The van der Waals surface area contributed by atoms with Crippen molar-refractivity contribution in [1.29, 1.82) is 0 Å². The van der Waals surface area contributed by atoms with Gasteiger partial charge < -0.3 is 20.1 Å². The molecule has 0 fully saturated rings. The van der Waals surface area contributed by atoms with Crippen molar-refractivity contribution in [3.63, 3.8) is 0 Å². The van der Waals surface area contributed by atoms with E-state index in [0.29, 0.717) is 10.9 Å². The molecule has 0 bridgehead atoms. The molecule has 0 saturated heterocycles. The Bertz CT molecular complexity index is 670. The van der Waals surface area contributed by atoms with Crippen LogP contribution >= 0.6 is 12.2 Å². The van der Waals surface area contributed by atoms with Crippen LogP contribution in [-0.4, -0.2) is 29.1 Å². The first-order valence-corrected chi connectivity index (χ1v) is 7.32. The van der Waals surface area contributed by atoms with E-state index in [1.807, 2.05) is 36.9 Å². The molecule has 1 aromatic carbocycles. The number of rotatable bonds is 5. The van der Waals surface area contributed by atoms with Gasteiger partial charge in [-0.25, -0.2) is 0 Å². The summed E-state index contributed by atoms with van der Waals surface area (Å²) in [7, 11) is 3.22. The predicted molar refractivity (Wildman–Crippen MR) is 92.0 cm³/mol. The van der Waals surface area contributed by atoms with E-state index >= 15 is 0 Å². The molecule has 0 radical (unpaired) electrons. The average Bonchev–Trinajstić information content (AvgIpc) is 2.87. The molecule has 2 rings (SSSR count). The quantitative estimate of drug-likeness (QED) is 0.826. The molecule has 2 N–H and O–H groups in total. The zero-order valence-corrected chi connectivity index (χ0v) is 14.0. The molecule has 0 unspecified atom stereocenters. The lowest BCUT2D eigenvalue weighted by Gasteiger charge is -2.14. The molecule has 1 aromatic heterocycles. The highest BCUT2D eigenvalue weighted by Crippen LogP contribution is 2.29. The Hall–Kier alpha value is -2.28. The number of hydrogen-bond donors (Lipinski definition) is 2. The lowest BCUT2D eigenvalue weighted by atomic mass is 10.2. The summed E-state index contributed by atoms with van der Waals surface area (Å²) in [5.74, 6) is 1.38. The molecule has 0 atom stereocenters. The minimum atomic E-state index is 0.474. The normalized spacial score (nSPS) is 10.2. The van der Waals surface area contributed by atoms with E-state index in [2.05, 4.69) is 15.7 Å². The van der Waals surface area contributed by atoms with E-state index in [9.17, 15) is 0 Å². The van der Waals surface area contributed by atoms with Gasteiger partial charge in [0.1, 0.15) is 11.5 Å². The molecule has 0 aliphatic carbocycles. The van der Waals surface area contributed by atoms with E-state index in [-0.39, 0.29) is 0 Å². The molecule has 0 amide bonds. The van der Waals surface area contributed by atoms with Crippen LogP contribution in [0.1, 0.15) is 12.6 Å². The Morgan fingerprint density at radius 2 is 1.95 bits per heavy atom. The highest BCUT2D eigenvalue weighted by molar-refractivity contribution is 7.80. The second kappa shape index (κ2) is 7.13. The topological polar surface area (TPSA) is 60.3 Å². The van der Waals surface area contributed by atoms with E-state index in [1.54, 1.807) is 20.3 Å². The van der Waals surface area contributed by atoms with Crippen molar-refractivity contribution in [1.82, 2.24) is 9.78 Å². The standard InChI is InChI=1S/C15H20N4O2S/c1-5-19-9-13(10(2)18-19)17-15(22)16-12-7-6-11(20-3)8-14(12)21-4/h6-9H,5H2,1-4H3,(H2,16,17,22). The smallest absolute Gasteiger partial charge is 0.175 e. The molecule has 22 heavy (non-hydrogen) atoms. The van der Waals surface area contributed by atoms with Crippen molar-refractivity contribution in [2.24, 2.45) is 0 Å². The maximum absolute atomic E-state index is 5.35. The van der Waals surface area contributed by atoms with E-state index in [0.717, 1.165) is 29.4 Å². The maximum atomic E-state index is 5.35. The maximum Gasteiger partial charge on any atom is 0.175 e. The summed E-state index contributed by atoms with van der Waals surface area (Å²) < 4.78 is 12.4. The Labute approximate surface area is 135 Å². The molecular formula is C15H20N4O2S. The molecular weight excluding hydrogens is 300 g/mol. The molecule has 0 saturated carbocycles. The summed E-state index contributed by atoms with van der Waals surface area (Å²) in [6.07, 6.45) is 1.93. The SMILES string of the molecule is CCn1cc(NC(=S)Nc2ccc(OC)cc2OC)c(C)n1. The number of aromatic nitrogens is 2. The number of nitrogens with zero attached hydrogens (tertiary/aromatic N) is 2.